The summed E-state index contributed by atoms with van der Waals surface area (Å²) in [6, 6.07) is 9.10. The second-order valence-corrected chi connectivity index (χ2v) is 11.9. The van der Waals surface area contributed by atoms with Crippen molar-refractivity contribution in [2.75, 3.05) is 19.0 Å². The number of carbonyl (C=O) groups is 1. The van der Waals surface area contributed by atoms with Crippen LogP contribution in [0.2, 0.25) is 0 Å². The van der Waals surface area contributed by atoms with Gasteiger partial charge in [-0.1, -0.05) is 37.5 Å². The van der Waals surface area contributed by atoms with Crippen molar-refractivity contribution in [1.29, 1.82) is 0 Å². The van der Waals surface area contributed by atoms with Gasteiger partial charge >= 0.3 is 0 Å². The van der Waals surface area contributed by atoms with Gasteiger partial charge in [-0.2, -0.15) is 0 Å². The Hall–Kier alpha value is -2.05. The summed E-state index contributed by atoms with van der Waals surface area (Å²) in [5.74, 6) is 8.55. The number of fused-ring (bicyclic) bond motifs is 5. The second-order valence-electron chi connectivity index (χ2n) is 11.9. The fourth-order valence-corrected chi connectivity index (χ4v) is 8.50. The smallest absolute Gasteiger partial charge is 0.155 e. The number of ketones is 1. The predicted molar refractivity (Wildman–Crippen MR) is 134 cm³/mol. The van der Waals surface area contributed by atoms with E-state index in [0.29, 0.717) is 35.9 Å². The van der Waals surface area contributed by atoms with Crippen LogP contribution in [0.5, 0.6) is 0 Å². The minimum atomic E-state index is -0.904. The maximum absolute atomic E-state index is 12.3. The number of anilines is 1. The molecule has 0 radical (unpaired) electrons. The van der Waals surface area contributed by atoms with Gasteiger partial charge in [0.1, 0.15) is 5.60 Å². The Morgan fingerprint density at radius 2 is 1.79 bits per heavy atom. The average molecular weight is 446 g/mol. The average Bonchev–Trinajstić information content (AvgIpc) is 3.04. The molecule has 0 amide bonds. The van der Waals surface area contributed by atoms with Gasteiger partial charge in [-0.15, -0.1) is 5.92 Å². The summed E-state index contributed by atoms with van der Waals surface area (Å²) in [6.07, 6.45) is 8.58. The van der Waals surface area contributed by atoms with Crippen molar-refractivity contribution in [2.45, 2.75) is 77.2 Å². The van der Waals surface area contributed by atoms with Crippen molar-refractivity contribution in [3.63, 3.8) is 0 Å². The quantitative estimate of drug-likeness (QED) is 0.591. The number of hydrogen-bond donors (Lipinski definition) is 1. The monoisotopic (exact) mass is 445 g/mol. The Morgan fingerprint density at radius 1 is 1.06 bits per heavy atom. The lowest BCUT2D eigenvalue weighted by Gasteiger charge is -2.61. The highest BCUT2D eigenvalue weighted by Gasteiger charge is 2.66. The summed E-state index contributed by atoms with van der Waals surface area (Å²) >= 11 is 0. The van der Waals surface area contributed by atoms with Crippen molar-refractivity contribution in [2.24, 2.45) is 28.6 Å². The van der Waals surface area contributed by atoms with Crippen LogP contribution in [0.25, 0.3) is 0 Å². The first-order valence-electron chi connectivity index (χ1n) is 12.8. The highest BCUT2D eigenvalue weighted by molar-refractivity contribution is 5.91. The molecule has 5 rings (SSSR count). The van der Waals surface area contributed by atoms with Gasteiger partial charge in [0.15, 0.2) is 5.78 Å². The largest absolute Gasteiger partial charge is 0.378 e. The molecule has 7 atom stereocenters. The van der Waals surface area contributed by atoms with E-state index in [0.717, 1.165) is 38.5 Å². The minimum Gasteiger partial charge on any atom is -0.378 e. The molecule has 0 spiro atoms. The van der Waals surface area contributed by atoms with Crippen molar-refractivity contribution in [1.82, 2.24) is 0 Å². The zero-order valence-electron chi connectivity index (χ0n) is 20.9. The number of nitrogens with zero attached hydrogens (tertiary/aromatic N) is 1. The van der Waals surface area contributed by atoms with Gasteiger partial charge in [-0.3, -0.25) is 4.79 Å². The Morgan fingerprint density at radius 3 is 2.45 bits per heavy atom. The van der Waals surface area contributed by atoms with Crippen LogP contribution < -0.4 is 4.90 Å². The Kier molecular flexibility index (Phi) is 5.33. The fraction of sp³-hybridized carbons (Fsp3) is 0.633. The molecule has 3 saturated carbocycles. The van der Waals surface area contributed by atoms with E-state index in [2.05, 4.69) is 68.9 Å². The van der Waals surface area contributed by atoms with Gasteiger partial charge in [0, 0.05) is 31.6 Å². The molecule has 3 nitrogen and oxygen atoms in total. The van der Waals surface area contributed by atoms with Crippen LogP contribution in [-0.2, 0) is 4.79 Å². The zero-order chi connectivity index (χ0) is 23.6. The fourth-order valence-electron chi connectivity index (χ4n) is 8.50. The molecule has 1 N–H and O–H groups in total. The van der Waals surface area contributed by atoms with Gasteiger partial charge in [-0.05, 0) is 98.3 Å². The highest BCUT2D eigenvalue weighted by atomic mass is 16.3. The van der Waals surface area contributed by atoms with Gasteiger partial charge < -0.3 is 10.0 Å². The molecule has 0 aliphatic heterocycles. The summed E-state index contributed by atoms with van der Waals surface area (Å²) < 4.78 is 0. The van der Waals surface area contributed by atoms with Crippen LogP contribution >= 0.6 is 0 Å². The lowest BCUT2D eigenvalue weighted by Crippen LogP contribution is -2.57. The Balaban J connectivity index is 1.64. The van der Waals surface area contributed by atoms with E-state index in [1.807, 2.05) is 13.0 Å². The maximum atomic E-state index is 12.3. The normalized spacial score (nSPS) is 41.8. The molecule has 0 heterocycles. The second kappa shape index (κ2) is 7.74. The molecule has 3 heteroatoms. The predicted octanol–water partition coefficient (Wildman–Crippen LogP) is 5.73. The van der Waals surface area contributed by atoms with Crippen LogP contribution in [0.1, 0.15) is 77.2 Å². The zero-order valence-corrected chi connectivity index (χ0v) is 20.9. The number of allylic oxidation sites excluding steroid dienone is 1. The molecule has 0 aromatic heterocycles. The number of carbonyl (C=O) groups excluding carboxylic acids is 1. The first-order valence-corrected chi connectivity index (χ1v) is 12.8. The van der Waals surface area contributed by atoms with E-state index in [-0.39, 0.29) is 10.8 Å². The number of benzene rings is 1. The molecule has 0 saturated heterocycles. The van der Waals surface area contributed by atoms with Gasteiger partial charge in [0.05, 0.1) is 0 Å². The van der Waals surface area contributed by atoms with Crippen LogP contribution in [0.15, 0.2) is 35.9 Å². The van der Waals surface area contributed by atoms with Crippen LogP contribution in [-0.4, -0.2) is 30.6 Å². The van der Waals surface area contributed by atoms with Crippen molar-refractivity contribution in [3.05, 3.63) is 41.5 Å². The third-order valence-corrected chi connectivity index (χ3v) is 10.2. The van der Waals surface area contributed by atoms with E-state index in [1.165, 1.54) is 16.8 Å². The van der Waals surface area contributed by atoms with Crippen LogP contribution in [0.3, 0.4) is 0 Å². The Bertz CT molecular complexity index is 1040. The molecular weight excluding hydrogens is 406 g/mol. The molecule has 0 bridgehead atoms. The minimum absolute atomic E-state index is 0.0696. The molecule has 1 aromatic carbocycles. The van der Waals surface area contributed by atoms with E-state index in [4.69, 9.17) is 0 Å². The molecule has 4 aliphatic rings. The molecule has 4 aliphatic carbocycles. The van der Waals surface area contributed by atoms with E-state index in [9.17, 15) is 9.90 Å². The van der Waals surface area contributed by atoms with Gasteiger partial charge in [-0.25, -0.2) is 0 Å². The van der Waals surface area contributed by atoms with E-state index < -0.39 is 5.60 Å². The van der Waals surface area contributed by atoms with Gasteiger partial charge in [0.25, 0.3) is 0 Å². The SMILES string of the molecule is CC#C[C@]1(O)CC[C@H]2[C@@H]3CCC4=CC(=O)CC[C@]4(C)[C@H]3[C@H](c3ccc(N(C)C)cc3)C[C@@]21C. The molecule has 176 valence electrons. The topological polar surface area (TPSA) is 40.5 Å². The summed E-state index contributed by atoms with van der Waals surface area (Å²) in [5.41, 5.74) is 2.94. The van der Waals surface area contributed by atoms with Crippen LogP contribution in [0.4, 0.5) is 5.69 Å². The highest BCUT2D eigenvalue weighted by Crippen LogP contribution is 2.70. The third kappa shape index (κ3) is 3.24. The van der Waals surface area contributed by atoms with Crippen LogP contribution in [0, 0.1) is 40.4 Å². The summed E-state index contributed by atoms with van der Waals surface area (Å²) in [6.45, 7) is 6.62. The number of aliphatic hydroxyl groups is 1. The molecule has 0 unspecified atom stereocenters. The van der Waals surface area contributed by atoms with E-state index in [1.54, 1.807) is 0 Å². The first-order chi connectivity index (χ1) is 15.6. The van der Waals surface area contributed by atoms with Gasteiger partial charge in [0.2, 0.25) is 0 Å². The number of hydrogen-bond acceptors (Lipinski definition) is 3. The van der Waals surface area contributed by atoms with Crippen molar-refractivity contribution in [3.8, 4) is 11.8 Å². The standard InChI is InChI=1S/C30H39NO2/c1-6-15-30(33)17-14-26-24-12-9-21-18-23(32)13-16-28(21,2)27(24)25(19-29(26,30)3)20-7-10-22(11-8-20)31(4)5/h7-8,10-11,18,24-27,33H,9,12-14,16-17,19H2,1-5H3/t24-,25-,26-,27+,28-,29-,30-/m0/s1. The molecule has 33 heavy (non-hydrogen) atoms. The molecule has 1 aromatic rings. The Labute approximate surface area is 199 Å². The molecule has 3 fully saturated rings. The maximum Gasteiger partial charge on any atom is 0.155 e. The lowest BCUT2D eigenvalue weighted by molar-refractivity contribution is -0.122. The van der Waals surface area contributed by atoms with Crippen molar-refractivity contribution >= 4 is 11.5 Å². The first kappa shape index (κ1) is 22.7. The third-order valence-electron chi connectivity index (χ3n) is 10.2. The van der Waals surface area contributed by atoms with Crippen molar-refractivity contribution < 1.29 is 9.90 Å². The lowest BCUT2D eigenvalue weighted by atomic mass is 9.43. The molecular formula is C30H39NO2. The summed E-state index contributed by atoms with van der Waals surface area (Å²) in [5, 5.41) is 11.8. The summed E-state index contributed by atoms with van der Waals surface area (Å²) in [4.78, 5) is 14.5. The summed E-state index contributed by atoms with van der Waals surface area (Å²) in [7, 11) is 4.16. The van der Waals surface area contributed by atoms with E-state index >= 15 is 0 Å². The number of rotatable bonds is 2.